The molecule has 110 valence electrons. The molecule has 0 fully saturated rings. The van der Waals surface area contributed by atoms with Gasteiger partial charge < -0.3 is 5.32 Å². The molecule has 1 rings (SSSR count). The van der Waals surface area contributed by atoms with Crippen LogP contribution in [-0.2, 0) is 16.9 Å². The topological polar surface area (TPSA) is 64.0 Å². The van der Waals surface area contributed by atoms with Crippen LogP contribution < -0.4 is 5.32 Å². The third-order valence-corrected chi connectivity index (χ3v) is 4.07. The molecule has 6 heteroatoms. The minimum absolute atomic E-state index is 0.174. The van der Waals surface area contributed by atoms with Gasteiger partial charge in [0, 0.05) is 25.1 Å². The average Bonchev–Trinajstić information content (AvgIpc) is 2.61. The van der Waals surface area contributed by atoms with Gasteiger partial charge in [0.1, 0.15) is 9.84 Å². The first kappa shape index (κ1) is 16.2. The molecule has 19 heavy (non-hydrogen) atoms. The van der Waals surface area contributed by atoms with Crippen LogP contribution in [0.3, 0.4) is 0 Å². The number of hydrogen-bond acceptors (Lipinski definition) is 4. The Bertz CT molecular complexity index is 494. The Morgan fingerprint density at radius 2 is 2.16 bits per heavy atom. The molecule has 0 aliphatic rings. The van der Waals surface area contributed by atoms with Crippen LogP contribution in [0.1, 0.15) is 43.6 Å². The first-order valence-electron chi connectivity index (χ1n) is 6.75. The Kier molecular flexibility index (Phi) is 6.00. The van der Waals surface area contributed by atoms with Gasteiger partial charge in [-0.15, -0.1) is 0 Å². The summed E-state index contributed by atoms with van der Waals surface area (Å²) in [7, 11) is -0.948. The molecule has 0 amide bonds. The van der Waals surface area contributed by atoms with Crippen molar-refractivity contribution >= 4 is 9.84 Å². The quantitative estimate of drug-likeness (QED) is 0.788. The molecule has 0 saturated carbocycles. The predicted molar refractivity (Wildman–Crippen MR) is 77.9 cm³/mol. The summed E-state index contributed by atoms with van der Waals surface area (Å²) >= 11 is 0. The number of nitrogens with one attached hydrogen (secondary N) is 1. The van der Waals surface area contributed by atoms with Crippen molar-refractivity contribution in [3.8, 4) is 0 Å². The summed E-state index contributed by atoms with van der Waals surface area (Å²) in [4.78, 5) is 0. The van der Waals surface area contributed by atoms with Gasteiger partial charge >= 0.3 is 0 Å². The number of hydrogen-bond donors (Lipinski definition) is 1. The molecule has 1 unspecified atom stereocenters. The second kappa shape index (κ2) is 7.05. The molecule has 1 aromatic rings. The molecular formula is C13H25N3O2S. The van der Waals surface area contributed by atoms with Crippen molar-refractivity contribution in [2.75, 3.05) is 18.6 Å². The lowest BCUT2D eigenvalue weighted by Crippen LogP contribution is -2.25. The second-order valence-corrected chi connectivity index (χ2v) is 7.37. The van der Waals surface area contributed by atoms with Crippen molar-refractivity contribution in [3.05, 3.63) is 17.5 Å². The Balaban J connectivity index is 2.69. The van der Waals surface area contributed by atoms with Crippen molar-refractivity contribution in [1.29, 1.82) is 0 Å². The summed E-state index contributed by atoms with van der Waals surface area (Å²) in [6.45, 7) is 5.01. The average molecular weight is 287 g/mol. The van der Waals surface area contributed by atoms with Crippen LogP contribution in [-0.4, -0.2) is 36.8 Å². The molecule has 5 nitrogen and oxygen atoms in total. The van der Waals surface area contributed by atoms with Crippen molar-refractivity contribution < 1.29 is 8.42 Å². The lowest BCUT2D eigenvalue weighted by molar-refractivity contribution is 0.463. The molecule has 0 spiro atoms. The molecule has 0 radical (unpaired) electrons. The molecule has 1 atom stereocenters. The van der Waals surface area contributed by atoms with E-state index in [0.717, 1.165) is 30.8 Å². The lowest BCUT2D eigenvalue weighted by atomic mass is 10.1. The van der Waals surface area contributed by atoms with Gasteiger partial charge in [0.25, 0.3) is 0 Å². The van der Waals surface area contributed by atoms with E-state index in [4.69, 9.17) is 0 Å². The molecule has 0 aliphatic carbocycles. The van der Waals surface area contributed by atoms with Crippen LogP contribution in [0.25, 0.3) is 0 Å². The number of aromatic nitrogens is 2. The van der Waals surface area contributed by atoms with Crippen molar-refractivity contribution in [2.24, 2.45) is 7.05 Å². The minimum Gasteiger partial charge on any atom is -0.309 e. The van der Waals surface area contributed by atoms with Gasteiger partial charge in [-0.2, -0.15) is 5.10 Å². The van der Waals surface area contributed by atoms with E-state index in [9.17, 15) is 8.42 Å². The third kappa shape index (κ3) is 5.74. The smallest absolute Gasteiger partial charge is 0.147 e. The highest BCUT2D eigenvalue weighted by Crippen LogP contribution is 2.19. The van der Waals surface area contributed by atoms with Crippen LogP contribution in [0.5, 0.6) is 0 Å². The molecule has 0 aliphatic heterocycles. The van der Waals surface area contributed by atoms with E-state index in [-0.39, 0.29) is 11.8 Å². The van der Waals surface area contributed by atoms with Crippen LogP contribution in [0.2, 0.25) is 0 Å². The molecule has 0 aromatic carbocycles. The molecule has 1 aromatic heterocycles. The number of nitrogens with zero attached hydrogens (tertiary/aromatic N) is 2. The SMILES string of the molecule is CCCNC(CCCS(C)(=O)=O)c1cc(C)nn1C. The fourth-order valence-electron chi connectivity index (χ4n) is 2.18. The molecule has 0 bridgehead atoms. The van der Waals surface area contributed by atoms with Crippen LogP contribution in [0.15, 0.2) is 6.07 Å². The number of aryl methyl sites for hydroxylation is 2. The Morgan fingerprint density at radius 3 is 2.63 bits per heavy atom. The van der Waals surface area contributed by atoms with E-state index in [1.165, 1.54) is 6.26 Å². The van der Waals surface area contributed by atoms with Crippen molar-refractivity contribution in [2.45, 2.75) is 39.2 Å². The van der Waals surface area contributed by atoms with Gasteiger partial charge in [-0.25, -0.2) is 8.42 Å². The largest absolute Gasteiger partial charge is 0.309 e. The highest BCUT2D eigenvalue weighted by molar-refractivity contribution is 7.90. The normalized spacial score (nSPS) is 13.7. The van der Waals surface area contributed by atoms with E-state index >= 15 is 0 Å². The summed E-state index contributed by atoms with van der Waals surface area (Å²) in [5, 5.41) is 7.83. The van der Waals surface area contributed by atoms with E-state index in [0.29, 0.717) is 6.42 Å². The first-order chi connectivity index (χ1) is 8.83. The fraction of sp³-hybridized carbons (Fsp3) is 0.769. The highest BCUT2D eigenvalue weighted by atomic mass is 32.2. The molecular weight excluding hydrogens is 262 g/mol. The monoisotopic (exact) mass is 287 g/mol. The zero-order valence-electron chi connectivity index (χ0n) is 12.3. The van der Waals surface area contributed by atoms with E-state index in [1.807, 2.05) is 18.7 Å². The van der Waals surface area contributed by atoms with Gasteiger partial charge in [-0.05, 0) is 38.8 Å². The zero-order valence-corrected chi connectivity index (χ0v) is 13.1. The van der Waals surface area contributed by atoms with Crippen LogP contribution >= 0.6 is 0 Å². The van der Waals surface area contributed by atoms with Crippen LogP contribution in [0.4, 0.5) is 0 Å². The maximum absolute atomic E-state index is 11.2. The maximum atomic E-state index is 11.2. The minimum atomic E-state index is -2.88. The van der Waals surface area contributed by atoms with E-state index in [2.05, 4.69) is 23.4 Å². The lowest BCUT2D eigenvalue weighted by Gasteiger charge is -2.18. The third-order valence-electron chi connectivity index (χ3n) is 3.04. The van der Waals surface area contributed by atoms with E-state index < -0.39 is 9.84 Å². The Labute approximate surface area is 116 Å². The molecule has 0 saturated heterocycles. The summed E-state index contributed by atoms with van der Waals surface area (Å²) in [6.07, 6.45) is 3.82. The van der Waals surface area contributed by atoms with Gasteiger partial charge in [0.2, 0.25) is 0 Å². The van der Waals surface area contributed by atoms with Gasteiger partial charge in [-0.3, -0.25) is 4.68 Å². The van der Waals surface area contributed by atoms with Crippen molar-refractivity contribution in [1.82, 2.24) is 15.1 Å². The van der Waals surface area contributed by atoms with Crippen LogP contribution in [0, 0.1) is 6.92 Å². The van der Waals surface area contributed by atoms with Gasteiger partial charge in [-0.1, -0.05) is 6.92 Å². The predicted octanol–water partition coefficient (Wildman–Crippen LogP) is 1.59. The zero-order chi connectivity index (χ0) is 14.5. The van der Waals surface area contributed by atoms with E-state index in [1.54, 1.807) is 0 Å². The fourth-order valence-corrected chi connectivity index (χ4v) is 2.87. The number of rotatable bonds is 8. The second-order valence-electron chi connectivity index (χ2n) is 5.11. The molecule has 1 heterocycles. The first-order valence-corrected chi connectivity index (χ1v) is 8.81. The standard InChI is InChI=1S/C13H25N3O2S/c1-5-8-14-12(7-6-9-19(4,17)18)13-10-11(2)15-16(13)3/h10,12,14H,5-9H2,1-4H3. The molecule has 1 N–H and O–H groups in total. The Morgan fingerprint density at radius 1 is 1.47 bits per heavy atom. The van der Waals surface area contributed by atoms with Gasteiger partial charge in [0.05, 0.1) is 11.4 Å². The van der Waals surface area contributed by atoms with Crippen molar-refractivity contribution in [3.63, 3.8) is 0 Å². The summed E-state index contributed by atoms with van der Waals surface area (Å²) in [5.41, 5.74) is 2.11. The Hall–Kier alpha value is -0.880. The number of sulfone groups is 1. The maximum Gasteiger partial charge on any atom is 0.147 e. The summed E-state index contributed by atoms with van der Waals surface area (Å²) < 4.78 is 24.3. The summed E-state index contributed by atoms with van der Waals surface area (Å²) in [6, 6.07) is 2.24. The highest BCUT2D eigenvalue weighted by Gasteiger charge is 2.16. The summed E-state index contributed by atoms with van der Waals surface area (Å²) in [5.74, 6) is 0.244. The van der Waals surface area contributed by atoms with Gasteiger partial charge in [0.15, 0.2) is 0 Å².